The molecule has 0 aliphatic carbocycles. The number of para-hydroxylation sites is 1. The first kappa shape index (κ1) is 27.1. The van der Waals surface area contributed by atoms with E-state index in [0.717, 1.165) is 16.7 Å². The molecule has 4 aromatic rings. The number of carbonyl (C=O) groups is 1. The second-order valence-corrected chi connectivity index (χ2v) is 10.4. The highest BCUT2D eigenvalue weighted by atomic mass is 32.1. The molecule has 1 aromatic heterocycles. The Morgan fingerprint density at radius 3 is 2.40 bits per heavy atom. The van der Waals surface area contributed by atoms with E-state index in [-0.39, 0.29) is 18.3 Å². The fourth-order valence-electron chi connectivity index (χ4n) is 4.64. The quantitative estimate of drug-likeness (QED) is 0.294. The van der Waals surface area contributed by atoms with E-state index in [1.165, 1.54) is 11.3 Å². The Labute approximate surface area is 236 Å². The molecule has 0 amide bonds. The molecule has 5 rings (SSSR count). The van der Waals surface area contributed by atoms with E-state index >= 15 is 0 Å². The van der Waals surface area contributed by atoms with E-state index < -0.39 is 12.0 Å². The van der Waals surface area contributed by atoms with E-state index in [1.807, 2.05) is 98.8 Å². The Hall–Kier alpha value is -4.43. The third-order valence-corrected chi connectivity index (χ3v) is 7.36. The Morgan fingerprint density at radius 2 is 1.73 bits per heavy atom. The van der Waals surface area contributed by atoms with Crippen molar-refractivity contribution in [1.82, 2.24) is 4.57 Å². The van der Waals surface area contributed by atoms with Crippen LogP contribution in [0.1, 0.15) is 43.5 Å². The van der Waals surface area contributed by atoms with Crippen LogP contribution in [-0.2, 0) is 9.53 Å². The molecule has 1 aliphatic rings. The predicted molar refractivity (Wildman–Crippen MR) is 156 cm³/mol. The van der Waals surface area contributed by atoms with Gasteiger partial charge < -0.3 is 14.2 Å². The summed E-state index contributed by atoms with van der Waals surface area (Å²) in [6.45, 7) is 5.87. The van der Waals surface area contributed by atoms with Gasteiger partial charge in [0, 0.05) is 11.1 Å². The molecule has 0 N–H and O–H groups in total. The lowest BCUT2D eigenvalue weighted by atomic mass is 9.93. The minimum atomic E-state index is -0.749. The van der Waals surface area contributed by atoms with Crippen LogP contribution in [0.4, 0.5) is 0 Å². The van der Waals surface area contributed by atoms with E-state index in [9.17, 15) is 9.59 Å². The molecule has 0 fully saturated rings. The first-order valence-electron chi connectivity index (χ1n) is 13.1. The van der Waals surface area contributed by atoms with Gasteiger partial charge in [0.25, 0.3) is 5.56 Å². The van der Waals surface area contributed by atoms with E-state index in [4.69, 9.17) is 19.2 Å². The van der Waals surface area contributed by atoms with Crippen LogP contribution in [0.2, 0.25) is 0 Å². The van der Waals surface area contributed by atoms with Gasteiger partial charge >= 0.3 is 5.97 Å². The van der Waals surface area contributed by atoms with Crippen LogP contribution < -0.4 is 24.4 Å². The van der Waals surface area contributed by atoms with Crippen molar-refractivity contribution in [2.45, 2.75) is 32.9 Å². The molecule has 1 aliphatic heterocycles. The van der Waals surface area contributed by atoms with Crippen molar-refractivity contribution in [1.29, 1.82) is 0 Å². The molecule has 2 heterocycles. The van der Waals surface area contributed by atoms with Gasteiger partial charge in [-0.3, -0.25) is 9.36 Å². The fraction of sp³-hybridized carbons (Fsp3) is 0.219. The summed E-state index contributed by atoms with van der Waals surface area (Å²) < 4.78 is 18.9. The number of fused-ring (bicyclic) bond motifs is 1. The minimum Gasteiger partial charge on any atom is -0.497 e. The summed E-state index contributed by atoms with van der Waals surface area (Å²) in [6.07, 6.45) is 1.80. The van der Waals surface area contributed by atoms with Gasteiger partial charge in [0.2, 0.25) is 0 Å². The Morgan fingerprint density at radius 1 is 1.02 bits per heavy atom. The standard InChI is InChI=1S/C32H30N2O5S/c1-5-38-31(36)27-28(21-11-7-6-8-12-21)33-32-34(29(27)22-15-17-24(37-4)18-16-22)30(35)26(40-32)19-23-13-9-10-14-25(23)39-20(2)3/h6-20,29H,5H2,1-4H3/b26-19-/t29-/m0/s1. The van der Waals surface area contributed by atoms with Crippen molar-refractivity contribution < 1.29 is 19.0 Å². The molecule has 0 saturated heterocycles. The maximum Gasteiger partial charge on any atom is 0.338 e. The summed E-state index contributed by atoms with van der Waals surface area (Å²) >= 11 is 1.28. The van der Waals surface area contributed by atoms with Crippen molar-refractivity contribution in [3.8, 4) is 11.5 Å². The summed E-state index contributed by atoms with van der Waals surface area (Å²) in [5.74, 6) is 0.839. The highest BCUT2D eigenvalue weighted by Gasteiger charge is 2.35. The second-order valence-electron chi connectivity index (χ2n) is 9.41. The van der Waals surface area contributed by atoms with E-state index in [1.54, 1.807) is 18.6 Å². The fourth-order valence-corrected chi connectivity index (χ4v) is 5.64. The lowest BCUT2D eigenvalue weighted by Crippen LogP contribution is -2.40. The number of carbonyl (C=O) groups excluding carboxylic acids is 1. The van der Waals surface area contributed by atoms with Crippen LogP contribution in [0.3, 0.4) is 0 Å². The van der Waals surface area contributed by atoms with Crippen molar-refractivity contribution >= 4 is 29.1 Å². The Kier molecular flexibility index (Phi) is 7.98. The zero-order valence-electron chi connectivity index (χ0n) is 22.8. The molecule has 40 heavy (non-hydrogen) atoms. The Bertz CT molecular complexity index is 1730. The third kappa shape index (κ3) is 5.35. The van der Waals surface area contributed by atoms with E-state index in [0.29, 0.717) is 32.1 Å². The number of esters is 1. The van der Waals surface area contributed by atoms with Gasteiger partial charge in [-0.05, 0) is 50.6 Å². The minimum absolute atomic E-state index is 0.0218. The third-order valence-electron chi connectivity index (χ3n) is 6.37. The zero-order valence-corrected chi connectivity index (χ0v) is 23.6. The number of hydrogen-bond acceptors (Lipinski definition) is 7. The van der Waals surface area contributed by atoms with Crippen molar-refractivity contribution in [2.75, 3.05) is 13.7 Å². The van der Waals surface area contributed by atoms with Gasteiger partial charge in [-0.25, -0.2) is 9.79 Å². The molecule has 8 heteroatoms. The van der Waals surface area contributed by atoms with Crippen molar-refractivity contribution in [3.05, 3.63) is 121 Å². The van der Waals surface area contributed by atoms with Gasteiger partial charge in [-0.15, -0.1) is 0 Å². The van der Waals surface area contributed by atoms with Gasteiger partial charge in [0.15, 0.2) is 4.80 Å². The summed E-state index contributed by atoms with van der Waals surface area (Å²) in [6, 6.07) is 23.7. The number of nitrogens with zero attached hydrogens (tertiary/aromatic N) is 2. The maximum atomic E-state index is 14.1. The van der Waals surface area contributed by atoms with Crippen molar-refractivity contribution in [2.24, 2.45) is 4.99 Å². The van der Waals surface area contributed by atoms with Crippen LogP contribution >= 0.6 is 11.3 Å². The van der Waals surface area contributed by atoms with Gasteiger partial charge in [-0.1, -0.05) is 72.0 Å². The highest BCUT2D eigenvalue weighted by molar-refractivity contribution is 7.07. The van der Waals surface area contributed by atoms with E-state index in [2.05, 4.69) is 0 Å². The van der Waals surface area contributed by atoms with Crippen LogP contribution in [0.25, 0.3) is 11.8 Å². The van der Waals surface area contributed by atoms with Crippen molar-refractivity contribution in [3.63, 3.8) is 0 Å². The second kappa shape index (κ2) is 11.8. The molecule has 0 saturated carbocycles. The lowest BCUT2D eigenvalue weighted by molar-refractivity contribution is -0.138. The first-order valence-corrected chi connectivity index (χ1v) is 13.9. The van der Waals surface area contributed by atoms with Crippen LogP contribution in [0.5, 0.6) is 11.5 Å². The zero-order chi connectivity index (χ0) is 28.2. The number of hydrogen-bond donors (Lipinski definition) is 0. The number of rotatable bonds is 8. The van der Waals surface area contributed by atoms with Gasteiger partial charge in [-0.2, -0.15) is 0 Å². The molecule has 204 valence electrons. The summed E-state index contributed by atoms with van der Waals surface area (Å²) in [4.78, 5) is 33.0. The number of thiazole rings is 1. The average molecular weight is 555 g/mol. The molecule has 1 atom stereocenters. The average Bonchev–Trinajstić information content (AvgIpc) is 3.28. The normalized spacial score (nSPS) is 15.0. The topological polar surface area (TPSA) is 79.1 Å². The van der Waals surface area contributed by atoms with Crippen LogP contribution in [0, 0.1) is 0 Å². The molecule has 7 nitrogen and oxygen atoms in total. The molecule has 0 unspecified atom stereocenters. The molecule has 0 radical (unpaired) electrons. The van der Waals surface area contributed by atoms with Crippen LogP contribution in [0.15, 0.2) is 94.2 Å². The Balaban J connectivity index is 1.80. The van der Waals surface area contributed by atoms with Gasteiger partial charge in [0.05, 0.1) is 41.7 Å². The highest BCUT2D eigenvalue weighted by Crippen LogP contribution is 2.35. The summed E-state index contributed by atoms with van der Waals surface area (Å²) in [7, 11) is 1.59. The molecule has 0 spiro atoms. The van der Waals surface area contributed by atoms with Gasteiger partial charge in [0.1, 0.15) is 11.5 Å². The molecule has 3 aromatic carbocycles. The lowest BCUT2D eigenvalue weighted by Gasteiger charge is -2.26. The first-order chi connectivity index (χ1) is 19.4. The SMILES string of the molecule is CCOC(=O)C1=C(c2ccccc2)N=c2s/c(=C\c3ccccc3OC(C)C)c(=O)n2[C@H]1c1ccc(OC)cc1. The largest absolute Gasteiger partial charge is 0.497 e. The molecule has 0 bridgehead atoms. The molecular weight excluding hydrogens is 524 g/mol. The summed E-state index contributed by atoms with van der Waals surface area (Å²) in [5, 5.41) is 0. The maximum absolute atomic E-state index is 14.1. The monoisotopic (exact) mass is 554 g/mol. The number of ether oxygens (including phenoxy) is 3. The summed E-state index contributed by atoms with van der Waals surface area (Å²) in [5.41, 5.74) is 2.82. The predicted octanol–water partition coefficient (Wildman–Crippen LogP) is 4.73. The number of benzene rings is 3. The smallest absolute Gasteiger partial charge is 0.338 e. The van der Waals surface area contributed by atoms with Crippen LogP contribution in [-0.4, -0.2) is 30.4 Å². The number of aromatic nitrogens is 1. The number of methoxy groups -OCH3 is 1. The molecular formula is C32H30N2O5S.